The number of phenolic OH excluding ortho intramolecular Hbond substituents is 1. The standard InChI is InChI=1S/C50H44Cl2N6O7/c1-56(2)33-14-10-31(11-15-33)53-54-32-12-16-34(17-13-32)57-46(60)37-21-20-36-38(45(37)48(57)62)27-40-47(61)58(55-42-23-9-30(51)26-41(42)52)49(63)50(40,29-7-18-35(64-3)19-8-29)39(36)22-5-28-6-24-43(59)44(25-28)65-4/h5-20,22-26,37-40,45,55,59H,21,27H2,1-4H3. The van der Waals surface area contributed by atoms with Gasteiger partial charge in [0.05, 0.1) is 65.2 Å². The summed E-state index contributed by atoms with van der Waals surface area (Å²) in [4.78, 5) is 63.1. The molecule has 2 N–H and O–H groups in total. The summed E-state index contributed by atoms with van der Waals surface area (Å²) in [5.74, 6) is -4.93. The Morgan fingerprint density at radius 2 is 1.49 bits per heavy atom. The SMILES string of the molecule is COc1ccc(C23C(=O)N(Nc4ccc(Cl)cc4Cl)C(=O)C2CC2C(=CCC4C(=O)N(c5ccc(N=Nc6ccc(N(C)C)cc6)cc5)C(=O)C42)C3C=Cc2ccc(O)c(OC)c2)cc1. The van der Waals surface area contributed by atoms with Crippen LogP contribution in [0.15, 0.2) is 137 Å². The molecule has 3 fully saturated rings. The summed E-state index contributed by atoms with van der Waals surface area (Å²) < 4.78 is 10.9. The summed E-state index contributed by atoms with van der Waals surface area (Å²) >= 11 is 12.8. The summed E-state index contributed by atoms with van der Waals surface area (Å²) in [6.45, 7) is 0. The highest BCUT2D eigenvalue weighted by Gasteiger charge is 2.69. The lowest BCUT2D eigenvalue weighted by atomic mass is 9.50. The van der Waals surface area contributed by atoms with Crippen LogP contribution >= 0.6 is 23.2 Å². The zero-order chi connectivity index (χ0) is 45.7. The number of halogens is 2. The average molecular weight is 912 g/mol. The Hall–Kier alpha value is -6.96. The van der Waals surface area contributed by atoms with Gasteiger partial charge in [0.2, 0.25) is 11.8 Å². The maximum Gasteiger partial charge on any atom is 0.260 e. The Morgan fingerprint density at radius 1 is 0.800 bits per heavy atom. The number of hydrogen-bond donors (Lipinski definition) is 2. The number of imide groups is 2. The molecule has 1 saturated carbocycles. The Labute approximate surface area is 385 Å². The number of anilines is 3. The fraction of sp³-hybridized carbons (Fsp3) is 0.240. The van der Waals surface area contributed by atoms with Crippen LogP contribution in [0.25, 0.3) is 6.08 Å². The normalized spacial score (nSPS) is 23.7. The third kappa shape index (κ3) is 7.48. The molecule has 4 aliphatic rings. The third-order valence-electron chi connectivity index (χ3n) is 13.1. The van der Waals surface area contributed by atoms with Crippen LogP contribution in [-0.4, -0.2) is 62.1 Å². The summed E-state index contributed by atoms with van der Waals surface area (Å²) in [7, 11) is 6.91. The molecule has 6 unspecified atom stereocenters. The zero-order valence-electron chi connectivity index (χ0n) is 35.8. The molecule has 0 radical (unpaired) electrons. The van der Waals surface area contributed by atoms with Crippen LogP contribution < -0.4 is 24.7 Å². The molecule has 13 nitrogen and oxygen atoms in total. The number of carbonyl (C=O) groups excluding carboxylic acids is 4. The molecule has 330 valence electrons. The van der Waals surface area contributed by atoms with Crippen molar-refractivity contribution in [2.45, 2.75) is 18.3 Å². The largest absolute Gasteiger partial charge is 0.504 e. The molecule has 2 saturated heterocycles. The second kappa shape index (κ2) is 17.2. The smallest absolute Gasteiger partial charge is 0.260 e. The van der Waals surface area contributed by atoms with Crippen LogP contribution in [0.1, 0.15) is 24.0 Å². The van der Waals surface area contributed by atoms with Crippen LogP contribution in [0.2, 0.25) is 10.0 Å². The molecule has 15 heteroatoms. The molecule has 6 atom stereocenters. The number of amides is 4. The number of allylic oxidation sites excluding steroid dienone is 3. The van der Waals surface area contributed by atoms with Crippen LogP contribution in [-0.2, 0) is 24.6 Å². The van der Waals surface area contributed by atoms with Crippen LogP contribution in [0, 0.1) is 29.6 Å². The minimum atomic E-state index is -1.54. The van der Waals surface area contributed by atoms with Gasteiger partial charge in [-0.1, -0.05) is 65.2 Å². The highest BCUT2D eigenvalue weighted by Crippen LogP contribution is 2.62. The van der Waals surface area contributed by atoms with E-state index < -0.39 is 46.8 Å². The molecule has 2 aliphatic heterocycles. The van der Waals surface area contributed by atoms with Gasteiger partial charge < -0.3 is 19.5 Å². The van der Waals surface area contributed by atoms with E-state index in [0.717, 1.165) is 16.3 Å². The zero-order valence-corrected chi connectivity index (χ0v) is 37.3. The first-order valence-electron chi connectivity index (χ1n) is 21.0. The quantitative estimate of drug-likeness (QED) is 0.0749. The first-order chi connectivity index (χ1) is 31.3. The van der Waals surface area contributed by atoms with E-state index in [1.165, 1.54) is 24.1 Å². The lowest BCUT2D eigenvalue weighted by Crippen LogP contribution is -2.54. The predicted octanol–water partition coefficient (Wildman–Crippen LogP) is 9.93. The lowest BCUT2D eigenvalue weighted by Gasteiger charge is -2.49. The minimum absolute atomic E-state index is 0.0451. The van der Waals surface area contributed by atoms with Gasteiger partial charge in [0.1, 0.15) is 5.75 Å². The number of rotatable bonds is 11. The molecule has 0 aromatic heterocycles. The Bertz CT molecular complexity index is 2810. The van der Waals surface area contributed by atoms with Gasteiger partial charge in [-0.05, 0) is 121 Å². The van der Waals surface area contributed by atoms with Crippen molar-refractivity contribution < 1.29 is 33.8 Å². The predicted molar refractivity (Wildman–Crippen MR) is 249 cm³/mol. The van der Waals surface area contributed by atoms with Gasteiger partial charge in [0, 0.05) is 30.7 Å². The van der Waals surface area contributed by atoms with Gasteiger partial charge in [0.25, 0.3) is 11.8 Å². The minimum Gasteiger partial charge on any atom is -0.504 e. The van der Waals surface area contributed by atoms with Crippen LogP contribution in [0.3, 0.4) is 0 Å². The number of phenols is 1. The second-order valence-electron chi connectivity index (χ2n) is 16.7. The van der Waals surface area contributed by atoms with E-state index in [-0.39, 0.29) is 41.2 Å². The van der Waals surface area contributed by atoms with Crippen molar-refractivity contribution in [3.8, 4) is 17.2 Å². The molecule has 4 amide bonds. The maximum absolute atomic E-state index is 15.5. The highest BCUT2D eigenvalue weighted by molar-refractivity contribution is 6.36. The van der Waals surface area contributed by atoms with Gasteiger partial charge in [-0.25, -0.2) is 0 Å². The molecule has 5 aromatic carbocycles. The van der Waals surface area contributed by atoms with E-state index in [4.69, 9.17) is 32.7 Å². The number of nitrogens with one attached hydrogen (secondary N) is 1. The van der Waals surface area contributed by atoms with Gasteiger partial charge in [-0.3, -0.25) is 29.5 Å². The van der Waals surface area contributed by atoms with Crippen molar-refractivity contribution in [2.75, 3.05) is 43.5 Å². The van der Waals surface area contributed by atoms with Crippen LogP contribution in [0.4, 0.5) is 28.4 Å². The van der Waals surface area contributed by atoms with E-state index in [9.17, 15) is 14.7 Å². The van der Waals surface area contributed by atoms with E-state index in [1.807, 2.05) is 61.5 Å². The number of hydrogen-bond acceptors (Lipinski definition) is 11. The fourth-order valence-corrected chi connectivity index (χ4v) is 10.4. The number of carbonyl (C=O) groups is 4. The molecule has 2 heterocycles. The Morgan fingerprint density at radius 3 is 2.14 bits per heavy atom. The molecule has 0 spiro atoms. The average Bonchev–Trinajstić information content (AvgIpc) is 3.69. The number of ether oxygens (including phenoxy) is 2. The van der Waals surface area contributed by atoms with Crippen molar-refractivity contribution in [3.05, 3.63) is 148 Å². The number of nitrogens with zero attached hydrogens (tertiary/aromatic N) is 5. The topological polar surface area (TPSA) is 153 Å². The molecular weight excluding hydrogens is 867 g/mol. The monoisotopic (exact) mass is 910 g/mol. The van der Waals surface area contributed by atoms with E-state index in [0.29, 0.717) is 44.6 Å². The number of methoxy groups -OCH3 is 2. The second-order valence-corrected chi connectivity index (χ2v) is 17.5. The van der Waals surface area contributed by atoms with E-state index in [2.05, 4.69) is 15.7 Å². The number of hydrazine groups is 1. The van der Waals surface area contributed by atoms with Gasteiger partial charge in [-0.15, -0.1) is 0 Å². The first-order valence-corrected chi connectivity index (χ1v) is 21.8. The maximum atomic E-state index is 15.5. The first kappa shape index (κ1) is 43.3. The van der Waals surface area contributed by atoms with Crippen molar-refractivity contribution >= 4 is 81.3 Å². The van der Waals surface area contributed by atoms with E-state index >= 15 is 9.59 Å². The summed E-state index contributed by atoms with van der Waals surface area (Å²) in [5, 5.41) is 20.7. The number of fused-ring (bicyclic) bond motifs is 4. The lowest BCUT2D eigenvalue weighted by molar-refractivity contribution is -0.139. The van der Waals surface area contributed by atoms with Gasteiger partial charge in [-0.2, -0.15) is 15.2 Å². The molecule has 5 aromatic rings. The Kier molecular flexibility index (Phi) is 11.5. The van der Waals surface area contributed by atoms with Crippen molar-refractivity contribution in [1.82, 2.24) is 5.01 Å². The fourth-order valence-electron chi connectivity index (χ4n) is 9.95. The van der Waals surface area contributed by atoms with E-state index in [1.54, 1.807) is 79.9 Å². The van der Waals surface area contributed by atoms with Crippen molar-refractivity contribution in [3.63, 3.8) is 0 Å². The summed E-state index contributed by atoms with van der Waals surface area (Å²) in [6.07, 6.45) is 6.01. The van der Waals surface area contributed by atoms with Crippen molar-refractivity contribution in [2.24, 2.45) is 39.8 Å². The van der Waals surface area contributed by atoms with Crippen molar-refractivity contribution in [1.29, 1.82) is 0 Å². The Balaban J connectivity index is 1.11. The summed E-state index contributed by atoms with van der Waals surface area (Å²) in [6, 6.07) is 31.1. The number of azo groups is 1. The third-order valence-corrected chi connectivity index (χ3v) is 13.6. The van der Waals surface area contributed by atoms with Gasteiger partial charge >= 0.3 is 0 Å². The molecular formula is C50H44Cl2N6O7. The number of benzene rings is 5. The molecule has 0 bridgehead atoms. The molecule has 2 aliphatic carbocycles. The molecule has 65 heavy (non-hydrogen) atoms. The molecule has 9 rings (SSSR count). The van der Waals surface area contributed by atoms with Gasteiger partial charge in [0.15, 0.2) is 11.5 Å². The highest BCUT2D eigenvalue weighted by atomic mass is 35.5. The number of aromatic hydroxyl groups is 1. The van der Waals surface area contributed by atoms with Crippen LogP contribution in [0.5, 0.6) is 17.2 Å². The summed E-state index contributed by atoms with van der Waals surface area (Å²) in [5.41, 5.74) is 6.39.